The number of ether oxygens (including phenoxy) is 1. The van der Waals surface area contributed by atoms with E-state index < -0.39 is 27.7 Å². The van der Waals surface area contributed by atoms with Crippen molar-refractivity contribution in [3.63, 3.8) is 0 Å². The number of hydrogen-bond donors (Lipinski definition) is 0. The summed E-state index contributed by atoms with van der Waals surface area (Å²) >= 11 is 0. The number of hydrogen-bond acceptors (Lipinski definition) is 5. The van der Waals surface area contributed by atoms with E-state index >= 15 is 0 Å². The minimum atomic E-state index is -4.86. The summed E-state index contributed by atoms with van der Waals surface area (Å²) in [6.45, 7) is 3.80. The van der Waals surface area contributed by atoms with Gasteiger partial charge in [0.05, 0.1) is 21.7 Å². The molecule has 7 nitrogen and oxygen atoms in total. The molecule has 2 aliphatic rings. The molecule has 0 N–H and O–H groups in total. The van der Waals surface area contributed by atoms with Gasteiger partial charge in [0, 0.05) is 25.3 Å². The first-order chi connectivity index (χ1) is 13.9. The number of piperazine rings is 1. The second-order valence-corrected chi connectivity index (χ2v) is 9.38. The SMILES string of the molecule is Cc1ccc2c(n1)C1(C)CN(S(=O)(=O)c3ccc(OC(F)(F)F)cc3)CCN1C2=O. The molecular formula is C19H18F3N3O4S. The number of pyridine rings is 1. The molecule has 1 atom stereocenters. The van der Waals surface area contributed by atoms with Crippen LogP contribution in [0.4, 0.5) is 13.2 Å². The molecule has 2 aliphatic heterocycles. The molecule has 1 unspecified atom stereocenters. The van der Waals surface area contributed by atoms with Crippen LogP contribution in [0.15, 0.2) is 41.3 Å². The zero-order chi connectivity index (χ0) is 21.9. The Morgan fingerprint density at radius 2 is 1.77 bits per heavy atom. The van der Waals surface area contributed by atoms with E-state index in [1.165, 1.54) is 4.31 Å². The molecule has 0 aliphatic carbocycles. The predicted octanol–water partition coefficient (Wildman–Crippen LogP) is 2.66. The second kappa shape index (κ2) is 6.67. The number of fused-ring (bicyclic) bond motifs is 3. The number of amides is 1. The van der Waals surface area contributed by atoms with Crippen LogP contribution in [-0.4, -0.2) is 54.5 Å². The Balaban J connectivity index is 1.64. The fraction of sp³-hybridized carbons (Fsp3) is 0.368. The van der Waals surface area contributed by atoms with Gasteiger partial charge in [0.25, 0.3) is 5.91 Å². The van der Waals surface area contributed by atoms with Crippen LogP contribution in [0.2, 0.25) is 0 Å². The standard InChI is InChI=1S/C19H18F3N3O4S/c1-12-3-8-15-16(23-12)18(2)11-24(9-10-25(18)17(15)26)30(27,28)14-6-4-13(5-7-14)29-19(20,21)22/h3-8H,9-11H2,1-2H3. The van der Waals surface area contributed by atoms with E-state index in [-0.39, 0.29) is 30.4 Å². The number of carbonyl (C=O) groups is 1. The number of sulfonamides is 1. The van der Waals surface area contributed by atoms with E-state index in [2.05, 4.69) is 9.72 Å². The minimum Gasteiger partial charge on any atom is -0.406 e. The number of carbonyl (C=O) groups excluding carboxylic acids is 1. The van der Waals surface area contributed by atoms with Gasteiger partial charge < -0.3 is 9.64 Å². The number of nitrogens with zero attached hydrogens (tertiary/aromatic N) is 3. The molecule has 1 fully saturated rings. The lowest BCUT2D eigenvalue weighted by Gasteiger charge is -2.44. The van der Waals surface area contributed by atoms with Crippen molar-refractivity contribution in [2.45, 2.75) is 30.6 Å². The molecular weight excluding hydrogens is 423 g/mol. The van der Waals surface area contributed by atoms with Gasteiger partial charge in [0.2, 0.25) is 10.0 Å². The summed E-state index contributed by atoms with van der Waals surface area (Å²) in [5, 5.41) is 0. The van der Waals surface area contributed by atoms with Gasteiger partial charge in [-0.05, 0) is 50.2 Å². The molecule has 0 saturated carbocycles. The predicted molar refractivity (Wildman–Crippen MR) is 99.2 cm³/mol. The molecule has 1 amide bonds. The van der Waals surface area contributed by atoms with Crippen LogP contribution >= 0.6 is 0 Å². The van der Waals surface area contributed by atoms with E-state index in [9.17, 15) is 26.4 Å². The summed E-state index contributed by atoms with van der Waals surface area (Å²) < 4.78 is 68.2. The third-order valence-electron chi connectivity index (χ3n) is 5.37. The van der Waals surface area contributed by atoms with Gasteiger partial charge >= 0.3 is 6.36 Å². The quantitative estimate of drug-likeness (QED) is 0.732. The Morgan fingerprint density at radius 3 is 2.40 bits per heavy atom. The molecule has 160 valence electrons. The normalized spacial score (nSPS) is 22.0. The van der Waals surface area contributed by atoms with Crippen LogP contribution in [0.1, 0.15) is 28.7 Å². The molecule has 1 saturated heterocycles. The molecule has 2 aromatic rings. The van der Waals surface area contributed by atoms with Crippen LogP contribution in [-0.2, 0) is 15.6 Å². The lowest BCUT2D eigenvalue weighted by atomic mass is 9.95. The Bertz CT molecular complexity index is 1120. The van der Waals surface area contributed by atoms with Crippen molar-refractivity contribution in [1.29, 1.82) is 0 Å². The first kappa shape index (κ1) is 20.6. The van der Waals surface area contributed by atoms with Gasteiger partial charge in [0.15, 0.2) is 0 Å². The van der Waals surface area contributed by atoms with Gasteiger partial charge in [-0.3, -0.25) is 9.78 Å². The average Bonchev–Trinajstić information content (AvgIpc) is 2.87. The minimum absolute atomic E-state index is 0.00860. The zero-order valence-electron chi connectivity index (χ0n) is 16.1. The summed E-state index contributed by atoms with van der Waals surface area (Å²) in [7, 11) is -4.00. The molecule has 1 aromatic heterocycles. The van der Waals surface area contributed by atoms with Crippen molar-refractivity contribution in [3.05, 3.63) is 53.3 Å². The summed E-state index contributed by atoms with van der Waals surface area (Å²) in [6.07, 6.45) is -4.86. The number of alkyl halides is 3. The largest absolute Gasteiger partial charge is 0.573 e. The summed E-state index contributed by atoms with van der Waals surface area (Å²) in [5.41, 5.74) is 0.769. The summed E-state index contributed by atoms with van der Waals surface area (Å²) in [5.74, 6) is -0.695. The van der Waals surface area contributed by atoms with E-state index in [1.54, 1.807) is 30.9 Å². The Morgan fingerprint density at radius 1 is 1.10 bits per heavy atom. The number of benzene rings is 1. The molecule has 0 bridgehead atoms. The highest BCUT2D eigenvalue weighted by Crippen LogP contribution is 2.41. The maximum absolute atomic E-state index is 13.1. The third kappa shape index (κ3) is 3.31. The van der Waals surface area contributed by atoms with E-state index in [0.717, 1.165) is 24.3 Å². The van der Waals surface area contributed by atoms with E-state index in [1.807, 2.05) is 0 Å². The average molecular weight is 441 g/mol. The molecule has 0 spiro atoms. The number of halogens is 3. The van der Waals surface area contributed by atoms with E-state index in [4.69, 9.17) is 0 Å². The molecule has 0 radical (unpaired) electrons. The Kier molecular flexibility index (Phi) is 4.58. The highest BCUT2D eigenvalue weighted by molar-refractivity contribution is 7.89. The van der Waals surface area contributed by atoms with Crippen LogP contribution < -0.4 is 4.74 Å². The molecule has 4 rings (SSSR count). The van der Waals surface area contributed by atoms with Gasteiger partial charge in [0.1, 0.15) is 5.75 Å². The van der Waals surface area contributed by atoms with Crippen LogP contribution in [0.3, 0.4) is 0 Å². The van der Waals surface area contributed by atoms with Crippen LogP contribution in [0.25, 0.3) is 0 Å². The van der Waals surface area contributed by atoms with Crippen LogP contribution in [0.5, 0.6) is 5.75 Å². The van der Waals surface area contributed by atoms with Crippen molar-refractivity contribution in [3.8, 4) is 5.75 Å². The Labute approximate surface area is 171 Å². The molecule has 3 heterocycles. The molecule has 1 aromatic carbocycles. The van der Waals surface area contributed by atoms with Gasteiger partial charge in [-0.15, -0.1) is 13.2 Å². The van der Waals surface area contributed by atoms with Crippen molar-refractivity contribution >= 4 is 15.9 Å². The summed E-state index contributed by atoms with van der Waals surface area (Å²) in [4.78, 5) is 18.7. The van der Waals surface area contributed by atoms with Crippen molar-refractivity contribution in [2.24, 2.45) is 0 Å². The summed E-state index contributed by atoms with van der Waals surface area (Å²) in [6, 6.07) is 7.48. The van der Waals surface area contributed by atoms with E-state index in [0.29, 0.717) is 17.0 Å². The maximum Gasteiger partial charge on any atom is 0.573 e. The van der Waals surface area contributed by atoms with Gasteiger partial charge in [-0.1, -0.05) is 0 Å². The fourth-order valence-electron chi connectivity index (χ4n) is 3.95. The maximum atomic E-state index is 13.1. The van der Waals surface area contributed by atoms with Crippen LogP contribution in [0, 0.1) is 6.92 Å². The number of aryl methyl sites for hydroxylation is 1. The second-order valence-electron chi connectivity index (χ2n) is 7.44. The van der Waals surface area contributed by atoms with Crippen molar-refractivity contribution in [2.75, 3.05) is 19.6 Å². The first-order valence-corrected chi connectivity index (χ1v) is 10.5. The molecule has 11 heteroatoms. The number of aromatic nitrogens is 1. The number of rotatable bonds is 3. The zero-order valence-corrected chi connectivity index (χ0v) is 16.9. The lowest BCUT2D eigenvalue weighted by Crippen LogP contribution is -2.58. The monoisotopic (exact) mass is 441 g/mol. The van der Waals surface area contributed by atoms with Gasteiger partial charge in [-0.2, -0.15) is 4.31 Å². The Hall–Kier alpha value is -2.66. The lowest BCUT2D eigenvalue weighted by molar-refractivity contribution is -0.274. The molecule has 30 heavy (non-hydrogen) atoms. The smallest absolute Gasteiger partial charge is 0.406 e. The highest BCUT2D eigenvalue weighted by Gasteiger charge is 2.52. The van der Waals surface area contributed by atoms with Gasteiger partial charge in [-0.25, -0.2) is 8.42 Å². The van der Waals surface area contributed by atoms with Crippen molar-refractivity contribution in [1.82, 2.24) is 14.2 Å². The first-order valence-electron chi connectivity index (χ1n) is 9.08. The highest BCUT2D eigenvalue weighted by atomic mass is 32.2. The topological polar surface area (TPSA) is 79.8 Å². The van der Waals surface area contributed by atoms with Crippen molar-refractivity contribution < 1.29 is 31.1 Å². The fourth-order valence-corrected chi connectivity index (χ4v) is 5.47. The third-order valence-corrected chi connectivity index (χ3v) is 7.23.